The van der Waals surface area contributed by atoms with E-state index >= 15 is 0 Å². The number of hydrogen-bond donors (Lipinski definition) is 5. The van der Waals surface area contributed by atoms with Crippen LogP contribution in [0.15, 0.2) is 6.33 Å². The van der Waals surface area contributed by atoms with E-state index in [1.54, 1.807) is 0 Å². The minimum atomic E-state index is -1.26. The topological polar surface area (TPSA) is 160 Å². The second-order valence-electron chi connectivity index (χ2n) is 8.43. The molecule has 1 aliphatic heterocycles. The van der Waals surface area contributed by atoms with Crippen LogP contribution in [-0.2, 0) is 4.74 Å². The third-order valence-electron chi connectivity index (χ3n) is 6.17. The monoisotopic (exact) mass is 431 g/mol. The molecule has 1 aliphatic carbocycles. The Morgan fingerprint density at radius 2 is 1.97 bits per heavy atom. The second kappa shape index (κ2) is 9.06. The number of anilines is 1. The first-order valence-electron chi connectivity index (χ1n) is 10.8. The highest BCUT2D eigenvalue weighted by Crippen LogP contribution is 2.33. The summed E-state index contributed by atoms with van der Waals surface area (Å²) in [6.45, 7) is -0.426. The molecule has 31 heavy (non-hydrogen) atoms. The van der Waals surface area contributed by atoms with Crippen LogP contribution >= 0.6 is 0 Å². The Bertz CT molecular complexity index is 978. The molecule has 0 radical (unpaired) electrons. The van der Waals surface area contributed by atoms with Gasteiger partial charge in [-0.25, -0.2) is 15.0 Å². The lowest BCUT2D eigenvalue weighted by Crippen LogP contribution is -2.33. The van der Waals surface area contributed by atoms with E-state index < -0.39 is 36.7 Å². The fourth-order valence-electron chi connectivity index (χ4n) is 4.40. The van der Waals surface area contributed by atoms with Crippen molar-refractivity contribution in [2.45, 2.75) is 81.5 Å². The molecule has 4 rings (SSSR count). The van der Waals surface area contributed by atoms with Gasteiger partial charge in [0.05, 0.1) is 18.5 Å². The minimum Gasteiger partial charge on any atom is -0.394 e. The fraction of sp³-hybridized carbons (Fsp3) is 0.667. The summed E-state index contributed by atoms with van der Waals surface area (Å²) >= 11 is 0. The van der Waals surface area contributed by atoms with Gasteiger partial charge in [0.15, 0.2) is 17.7 Å². The van der Waals surface area contributed by atoms with Crippen LogP contribution in [0.4, 0.5) is 5.82 Å². The molecule has 10 heteroatoms. The van der Waals surface area contributed by atoms with Crippen LogP contribution in [0.1, 0.15) is 63.4 Å². The Hall–Kier alpha value is -2.29. The third-order valence-corrected chi connectivity index (χ3v) is 6.17. The summed E-state index contributed by atoms with van der Waals surface area (Å²) in [5.74, 6) is 6.31. The third kappa shape index (κ3) is 4.51. The largest absolute Gasteiger partial charge is 0.394 e. The van der Waals surface area contributed by atoms with Gasteiger partial charge < -0.3 is 30.9 Å². The number of unbranched alkanes of at least 4 members (excludes halogenated alkanes) is 1. The van der Waals surface area contributed by atoms with Crippen LogP contribution in [0.3, 0.4) is 0 Å². The van der Waals surface area contributed by atoms with Gasteiger partial charge in [-0.15, -0.1) is 0 Å². The number of fused-ring (bicyclic) bond motifs is 1. The van der Waals surface area contributed by atoms with Gasteiger partial charge in [-0.2, -0.15) is 0 Å². The standard InChI is InChI=1S/C21H29N5O5/c22-18-15-19(26(12-23-15)20-17(29)16(28)13(11-27)31-20)25-14(24-18)7-3-1-4-8-21(30)9-5-2-6-10-21/h12-13,16-17,20,27-30H,1-2,4-6,8-11H2,(H2,22,24,25)/t13-,16?,17?,20-/m1/s1. The van der Waals surface area contributed by atoms with Crippen LogP contribution in [0.2, 0.25) is 0 Å². The number of imidazole rings is 1. The van der Waals surface area contributed by atoms with Gasteiger partial charge in [-0.1, -0.05) is 25.2 Å². The molecule has 2 fully saturated rings. The van der Waals surface area contributed by atoms with E-state index in [-0.39, 0.29) is 11.6 Å². The molecule has 10 nitrogen and oxygen atoms in total. The van der Waals surface area contributed by atoms with Crippen molar-refractivity contribution in [2.24, 2.45) is 0 Å². The molecule has 2 unspecified atom stereocenters. The predicted octanol–water partition coefficient (Wildman–Crippen LogP) is 0.237. The average molecular weight is 431 g/mol. The zero-order chi connectivity index (χ0) is 22.0. The van der Waals surface area contributed by atoms with E-state index in [4.69, 9.17) is 10.5 Å². The molecule has 2 aliphatic rings. The van der Waals surface area contributed by atoms with Crippen molar-refractivity contribution in [3.8, 4) is 11.8 Å². The summed E-state index contributed by atoms with van der Waals surface area (Å²) < 4.78 is 7.02. The van der Waals surface area contributed by atoms with Gasteiger partial charge in [0.25, 0.3) is 0 Å². The summed E-state index contributed by atoms with van der Waals surface area (Å²) in [7, 11) is 0. The minimum absolute atomic E-state index is 0.149. The highest BCUT2D eigenvalue weighted by atomic mass is 16.6. The Balaban J connectivity index is 1.48. The van der Waals surface area contributed by atoms with E-state index in [0.29, 0.717) is 17.6 Å². The number of rotatable bonds is 5. The molecular weight excluding hydrogens is 402 g/mol. The Labute approximate surface area is 180 Å². The maximum atomic E-state index is 10.6. The highest BCUT2D eigenvalue weighted by molar-refractivity contribution is 5.82. The van der Waals surface area contributed by atoms with Crippen molar-refractivity contribution in [3.63, 3.8) is 0 Å². The zero-order valence-corrected chi connectivity index (χ0v) is 17.3. The molecule has 0 bridgehead atoms. The number of ether oxygens (including phenoxy) is 1. The van der Waals surface area contributed by atoms with E-state index in [9.17, 15) is 20.4 Å². The molecule has 1 saturated carbocycles. The van der Waals surface area contributed by atoms with Gasteiger partial charge >= 0.3 is 0 Å². The molecule has 3 heterocycles. The van der Waals surface area contributed by atoms with Crippen LogP contribution < -0.4 is 5.73 Å². The maximum Gasteiger partial charge on any atom is 0.208 e. The first-order chi connectivity index (χ1) is 14.9. The number of aliphatic hydroxyl groups is 4. The average Bonchev–Trinajstić information content (AvgIpc) is 3.30. The van der Waals surface area contributed by atoms with Gasteiger partial charge in [0.2, 0.25) is 5.82 Å². The molecule has 0 spiro atoms. The summed E-state index contributed by atoms with van der Waals surface area (Å²) in [6.07, 6.45) is 4.26. The van der Waals surface area contributed by atoms with Gasteiger partial charge in [-0.05, 0) is 31.6 Å². The Morgan fingerprint density at radius 1 is 1.19 bits per heavy atom. The number of nitrogens with zero attached hydrogens (tertiary/aromatic N) is 4. The van der Waals surface area contributed by atoms with Crippen molar-refractivity contribution < 1.29 is 25.2 Å². The number of nitrogens with two attached hydrogens (primary N) is 1. The zero-order valence-electron chi connectivity index (χ0n) is 17.3. The van der Waals surface area contributed by atoms with E-state index in [1.165, 1.54) is 17.3 Å². The molecule has 0 aromatic carbocycles. The fourth-order valence-corrected chi connectivity index (χ4v) is 4.40. The van der Waals surface area contributed by atoms with Crippen molar-refractivity contribution >= 4 is 17.0 Å². The summed E-state index contributed by atoms with van der Waals surface area (Å²) in [5.41, 5.74) is 6.12. The van der Waals surface area contributed by atoms with Crippen LogP contribution in [0.25, 0.3) is 11.2 Å². The van der Waals surface area contributed by atoms with E-state index in [0.717, 1.165) is 38.5 Å². The predicted molar refractivity (Wildman–Crippen MR) is 112 cm³/mol. The van der Waals surface area contributed by atoms with E-state index in [2.05, 4.69) is 26.8 Å². The van der Waals surface area contributed by atoms with Crippen molar-refractivity contribution in [3.05, 3.63) is 12.2 Å². The molecule has 2 aromatic rings. The smallest absolute Gasteiger partial charge is 0.208 e. The molecule has 2 aromatic heterocycles. The van der Waals surface area contributed by atoms with Crippen LogP contribution in [0.5, 0.6) is 0 Å². The molecule has 4 atom stereocenters. The van der Waals surface area contributed by atoms with Crippen LogP contribution in [0, 0.1) is 11.8 Å². The number of aliphatic hydroxyl groups excluding tert-OH is 3. The van der Waals surface area contributed by atoms with Crippen molar-refractivity contribution in [1.82, 2.24) is 19.5 Å². The highest BCUT2D eigenvalue weighted by Gasteiger charge is 2.44. The van der Waals surface area contributed by atoms with Crippen LogP contribution in [-0.4, -0.2) is 70.5 Å². The molecule has 6 N–H and O–H groups in total. The normalized spacial score (nSPS) is 27.9. The Morgan fingerprint density at radius 3 is 2.68 bits per heavy atom. The second-order valence-corrected chi connectivity index (χ2v) is 8.43. The Kier molecular flexibility index (Phi) is 6.41. The number of aromatic nitrogens is 4. The summed E-state index contributed by atoms with van der Waals surface area (Å²) in [6, 6.07) is 0. The number of nitrogen functional groups attached to an aromatic ring is 1. The quantitative estimate of drug-likeness (QED) is 0.330. The SMILES string of the molecule is Nc1nc(C#CCCCC2(O)CCCCC2)nc2c1ncn2[C@@H]1O[C@H](CO)C(O)C1O. The first-order valence-corrected chi connectivity index (χ1v) is 10.8. The summed E-state index contributed by atoms with van der Waals surface area (Å²) in [4.78, 5) is 12.8. The van der Waals surface area contributed by atoms with Gasteiger partial charge in [-0.3, -0.25) is 4.57 Å². The molecule has 1 saturated heterocycles. The molecule has 0 amide bonds. The maximum absolute atomic E-state index is 10.6. The first kappa shape index (κ1) is 21.9. The van der Waals surface area contributed by atoms with Crippen molar-refractivity contribution in [2.75, 3.05) is 12.3 Å². The van der Waals surface area contributed by atoms with Gasteiger partial charge in [0, 0.05) is 6.42 Å². The summed E-state index contributed by atoms with van der Waals surface area (Å²) in [5, 5.41) is 40.2. The van der Waals surface area contributed by atoms with Crippen molar-refractivity contribution in [1.29, 1.82) is 0 Å². The van der Waals surface area contributed by atoms with Gasteiger partial charge in [0.1, 0.15) is 23.8 Å². The van der Waals surface area contributed by atoms with E-state index in [1.807, 2.05) is 0 Å². The number of hydrogen-bond acceptors (Lipinski definition) is 9. The lowest BCUT2D eigenvalue weighted by atomic mass is 9.81. The lowest BCUT2D eigenvalue weighted by Gasteiger charge is -2.31. The lowest BCUT2D eigenvalue weighted by molar-refractivity contribution is -0.0511. The molecule has 168 valence electrons. The molecular formula is C21H29N5O5.